The van der Waals surface area contributed by atoms with Gasteiger partial charge in [-0.15, -0.1) is 0 Å². The number of hydrogen-bond donors (Lipinski definition) is 2. The first kappa shape index (κ1) is 17.6. The Labute approximate surface area is 128 Å². The van der Waals surface area contributed by atoms with Crippen LogP contribution in [0.1, 0.15) is 38.9 Å². The van der Waals surface area contributed by atoms with Crippen molar-refractivity contribution in [1.82, 2.24) is 10.6 Å². The van der Waals surface area contributed by atoms with E-state index in [-0.39, 0.29) is 0 Å². The molecule has 0 saturated heterocycles. The number of furan rings is 1. The highest BCUT2D eigenvalue weighted by molar-refractivity contribution is 5.79. The molecule has 0 atom stereocenters. The molecular formula is C16H29N3O2. The van der Waals surface area contributed by atoms with Gasteiger partial charge in [0.15, 0.2) is 5.96 Å². The topological polar surface area (TPSA) is 58.8 Å². The molecule has 0 aliphatic carbocycles. The molecule has 0 amide bonds. The van der Waals surface area contributed by atoms with Crippen LogP contribution in [0.15, 0.2) is 27.8 Å². The van der Waals surface area contributed by atoms with Crippen LogP contribution in [0.3, 0.4) is 0 Å². The van der Waals surface area contributed by atoms with Crippen molar-refractivity contribution in [3.8, 4) is 0 Å². The van der Waals surface area contributed by atoms with Crippen LogP contribution in [0.4, 0.5) is 0 Å². The van der Waals surface area contributed by atoms with Gasteiger partial charge >= 0.3 is 0 Å². The van der Waals surface area contributed by atoms with Gasteiger partial charge in [0.25, 0.3) is 0 Å². The summed E-state index contributed by atoms with van der Waals surface area (Å²) in [4.78, 5) is 4.23. The molecule has 120 valence electrons. The van der Waals surface area contributed by atoms with E-state index >= 15 is 0 Å². The Morgan fingerprint density at radius 1 is 1.33 bits per heavy atom. The minimum atomic E-state index is 0.536. The number of guanidine groups is 1. The van der Waals surface area contributed by atoms with Gasteiger partial charge in [0.1, 0.15) is 12.4 Å². The smallest absolute Gasteiger partial charge is 0.190 e. The second-order valence-electron chi connectivity index (χ2n) is 5.05. The normalized spacial score (nSPS) is 11.9. The molecule has 0 bridgehead atoms. The summed E-state index contributed by atoms with van der Waals surface area (Å²) in [5, 5.41) is 6.67. The fraction of sp³-hybridized carbons (Fsp3) is 0.688. The number of rotatable bonds is 10. The average Bonchev–Trinajstić information content (AvgIpc) is 3.02. The summed E-state index contributed by atoms with van der Waals surface area (Å²) in [7, 11) is 1.80. The fourth-order valence-corrected chi connectivity index (χ4v) is 1.99. The van der Waals surface area contributed by atoms with E-state index in [9.17, 15) is 0 Å². The minimum Gasteiger partial charge on any atom is -0.467 e. The largest absolute Gasteiger partial charge is 0.467 e. The summed E-state index contributed by atoms with van der Waals surface area (Å²) in [5.74, 6) is 2.44. The van der Waals surface area contributed by atoms with Gasteiger partial charge in [0, 0.05) is 26.7 Å². The maximum absolute atomic E-state index is 5.53. The molecule has 0 aromatic carbocycles. The molecule has 0 aliphatic heterocycles. The van der Waals surface area contributed by atoms with E-state index in [1.807, 2.05) is 12.1 Å². The lowest BCUT2D eigenvalue weighted by molar-refractivity contribution is 0.105. The third-order valence-corrected chi connectivity index (χ3v) is 3.52. The molecule has 0 fully saturated rings. The summed E-state index contributed by atoms with van der Waals surface area (Å²) in [6.07, 6.45) is 4.99. The molecule has 1 aromatic heterocycles. The Kier molecular flexibility index (Phi) is 9.37. The van der Waals surface area contributed by atoms with Crippen LogP contribution >= 0.6 is 0 Å². The third-order valence-electron chi connectivity index (χ3n) is 3.52. The van der Waals surface area contributed by atoms with E-state index in [4.69, 9.17) is 9.15 Å². The first-order valence-corrected chi connectivity index (χ1v) is 7.84. The maximum Gasteiger partial charge on any atom is 0.190 e. The molecule has 1 aromatic rings. The van der Waals surface area contributed by atoms with Gasteiger partial charge in [-0.05, 0) is 24.5 Å². The minimum absolute atomic E-state index is 0.536. The SMILES string of the molecule is CCC(CC)CNC(=NC)NCCCOCc1ccco1. The number of aliphatic imine (C=N–C) groups is 1. The average molecular weight is 295 g/mol. The Bertz CT molecular complexity index is 373. The molecule has 0 unspecified atom stereocenters. The van der Waals surface area contributed by atoms with E-state index in [1.54, 1.807) is 13.3 Å². The molecule has 1 rings (SSSR count). The van der Waals surface area contributed by atoms with E-state index in [0.29, 0.717) is 19.1 Å². The van der Waals surface area contributed by atoms with Crippen molar-refractivity contribution in [2.75, 3.05) is 26.7 Å². The zero-order chi connectivity index (χ0) is 15.3. The van der Waals surface area contributed by atoms with E-state index < -0.39 is 0 Å². The van der Waals surface area contributed by atoms with Crippen LogP contribution in [0, 0.1) is 5.92 Å². The first-order valence-electron chi connectivity index (χ1n) is 7.84. The standard InChI is InChI=1S/C16H29N3O2/c1-4-14(5-2)12-19-16(17-3)18-9-7-10-20-13-15-8-6-11-21-15/h6,8,11,14H,4-5,7,9-10,12-13H2,1-3H3,(H2,17,18,19). The highest BCUT2D eigenvalue weighted by atomic mass is 16.5. The van der Waals surface area contributed by atoms with Crippen LogP contribution in [-0.2, 0) is 11.3 Å². The summed E-state index contributed by atoms with van der Waals surface area (Å²) < 4.78 is 10.7. The second-order valence-corrected chi connectivity index (χ2v) is 5.05. The van der Waals surface area contributed by atoms with Crippen LogP contribution in [-0.4, -0.2) is 32.7 Å². The van der Waals surface area contributed by atoms with Crippen molar-refractivity contribution < 1.29 is 9.15 Å². The maximum atomic E-state index is 5.53. The highest BCUT2D eigenvalue weighted by Gasteiger charge is 2.04. The van der Waals surface area contributed by atoms with E-state index in [0.717, 1.165) is 31.2 Å². The first-order chi connectivity index (χ1) is 10.3. The number of nitrogens with one attached hydrogen (secondary N) is 2. The number of nitrogens with zero attached hydrogens (tertiary/aromatic N) is 1. The van der Waals surface area contributed by atoms with Crippen molar-refractivity contribution in [3.63, 3.8) is 0 Å². The van der Waals surface area contributed by atoms with Gasteiger partial charge < -0.3 is 19.8 Å². The predicted octanol–water partition coefficient (Wildman–Crippen LogP) is 2.79. The molecule has 5 heteroatoms. The monoisotopic (exact) mass is 295 g/mol. The van der Waals surface area contributed by atoms with Gasteiger partial charge in [-0.1, -0.05) is 26.7 Å². The molecule has 2 N–H and O–H groups in total. The Hall–Kier alpha value is -1.49. The van der Waals surface area contributed by atoms with Crippen LogP contribution < -0.4 is 10.6 Å². The quantitative estimate of drug-likeness (QED) is 0.396. The molecular weight excluding hydrogens is 266 g/mol. The van der Waals surface area contributed by atoms with Gasteiger partial charge in [0.2, 0.25) is 0 Å². The molecule has 1 heterocycles. The van der Waals surface area contributed by atoms with Crippen molar-refractivity contribution in [2.24, 2.45) is 10.9 Å². The van der Waals surface area contributed by atoms with Crippen LogP contribution in [0.2, 0.25) is 0 Å². The Morgan fingerprint density at radius 3 is 2.76 bits per heavy atom. The molecule has 21 heavy (non-hydrogen) atoms. The lowest BCUT2D eigenvalue weighted by Gasteiger charge is -2.16. The summed E-state index contributed by atoms with van der Waals surface area (Å²) in [5.41, 5.74) is 0. The van der Waals surface area contributed by atoms with Crippen LogP contribution in [0.5, 0.6) is 0 Å². The highest BCUT2D eigenvalue weighted by Crippen LogP contribution is 2.04. The molecule has 0 spiro atoms. The zero-order valence-corrected chi connectivity index (χ0v) is 13.5. The zero-order valence-electron chi connectivity index (χ0n) is 13.5. The van der Waals surface area contributed by atoms with Gasteiger partial charge in [0.05, 0.1) is 6.26 Å². The second kappa shape index (κ2) is 11.2. The van der Waals surface area contributed by atoms with Crippen molar-refractivity contribution >= 4 is 5.96 Å². The van der Waals surface area contributed by atoms with Crippen molar-refractivity contribution in [2.45, 2.75) is 39.7 Å². The van der Waals surface area contributed by atoms with Crippen molar-refractivity contribution in [1.29, 1.82) is 0 Å². The predicted molar refractivity (Wildman–Crippen MR) is 86.4 cm³/mol. The third kappa shape index (κ3) is 7.75. The summed E-state index contributed by atoms with van der Waals surface area (Å²) >= 11 is 0. The molecule has 0 saturated carbocycles. The Morgan fingerprint density at radius 2 is 2.14 bits per heavy atom. The Balaban J connectivity index is 2.04. The lowest BCUT2D eigenvalue weighted by Crippen LogP contribution is -2.40. The van der Waals surface area contributed by atoms with Crippen molar-refractivity contribution in [3.05, 3.63) is 24.2 Å². The lowest BCUT2D eigenvalue weighted by atomic mass is 10.0. The summed E-state index contributed by atoms with van der Waals surface area (Å²) in [6.45, 7) is 7.51. The number of hydrogen-bond acceptors (Lipinski definition) is 3. The summed E-state index contributed by atoms with van der Waals surface area (Å²) in [6, 6.07) is 3.79. The molecule has 0 aliphatic rings. The van der Waals surface area contributed by atoms with Gasteiger partial charge in [-0.2, -0.15) is 0 Å². The van der Waals surface area contributed by atoms with Gasteiger partial charge in [-0.3, -0.25) is 4.99 Å². The number of ether oxygens (including phenoxy) is 1. The molecule has 0 radical (unpaired) electrons. The van der Waals surface area contributed by atoms with E-state index in [1.165, 1.54) is 12.8 Å². The fourth-order valence-electron chi connectivity index (χ4n) is 1.99. The molecule has 5 nitrogen and oxygen atoms in total. The van der Waals surface area contributed by atoms with Crippen LogP contribution in [0.25, 0.3) is 0 Å². The van der Waals surface area contributed by atoms with E-state index in [2.05, 4.69) is 29.5 Å². The van der Waals surface area contributed by atoms with Gasteiger partial charge in [-0.25, -0.2) is 0 Å².